The zero-order valence-corrected chi connectivity index (χ0v) is 19.2. The molecule has 0 atom stereocenters. The Labute approximate surface area is 198 Å². The van der Waals surface area contributed by atoms with Gasteiger partial charge in [0, 0.05) is 0 Å². The molecular formula is C27H25NO6. The van der Waals surface area contributed by atoms with Gasteiger partial charge < -0.3 is 23.7 Å². The van der Waals surface area contributed by atoms with Crippen LogP contribution in [0.4, 0.5) is 0 Å². The fourth-order valence-corrected chi connectivity index (χ4v) is 3.12. The normalized spacial score (nSPS) is 10.7. The van der Waals surface area contributed by atoms with Crippen LogP contribution < -0.4 is 23.7 Å². The van der Waals surface area contributed by atoms with Crippen LogP contribution in [0.2, 0.25) is 0 Å². The largest absolute Gasteiger partial charge is 0.494 e. The molecule has 0 heterocycles. The lowest BCUT2D eigenvalue weighted by Crippen LogP contribution is -2.17. The Bertz CT molecular complexity index is 1190. The molecule has 0 bridgehead atoms. The molecule has 0 aromatic heterocycles. The van der Waals surface area contributed by atoms with Gasteiger partial charge in [0.1, 0.15) is 17.2 Å². The lowest BCUT2D eigenvalue weighted by Gasteiger charge is -2.09. The monoisotopic (exact) mass is 459 g/mol. The van der Waals surface area contributed by atoms with E-state index in [1.165, 1.54) is 7.11 Å². The van der Waals surface area contributed by atoms with Crippen LogP contribution in [-0.4, -0.2) is 33.4 Å². The lowest BCUT2D eigenvalue weighted by atomic mass is 10.0. The summed E-state index contributed by atoms with van der Waals surface area (Å²) in [4.78, 5) is 12.2. The molecule has 3 aromatic rings. The Hall–Kier alpha value is -4.44. The van der Waals surface area contributed by atoms with E-state index in [0.717, 1.165) is 5.75 Å². The Balaban J connectivity index is 1.67. The van der Waals surface area contributed by atoms with E-state index in [1.807, 2.05) is 13.0 Å². The predicted octanol–water partition coefficient (Wildman–Crippen LogP) is 5.15. The van der Waals surface area contributed by atoms with Crippen LogP contribution in [0.1, 0.15) is 18.1 Å². The highest BCUT2D eigenvalue weighted by atomic mass is 16.6. The molecule has 3 rings (SSSR count). The summed E-state index contributed by atoms with van der Waals surface area (Å²) >= 11 is 0. The maximum atomic E-state index is 12.2. The molecule has 0 fully saturated rings. The van der Waals surface area contributed by atoms with Gasteiger partial charge in [-0.05, 0) is 78.7 Å². The standard InChI is InChI=1S/C27H25NO6/c1-4-32-22-9-11-23(12-10-22)33-18-27(29)34-24-7-5-6-19(15-24)14-21(17-28)20-8-13-25(30-2)26(16-20)31-3/h5-16H,4,18H2,1-3H3/b21-14-. The van der Waals surface area contributed by atoms with E-state index < -0.39 is 5.97 Å². The Morgan fingerprint density at radius 3 is 2.24 bits per heavy atom. The van der Waals surface area contributed by atoms with Gasteiger partial charge in [0.25, 0.3) is 0 Å². The molecule has 0 unspecified atom stereocenters. The first kappa shape index (κ1) is 24.2. The SMILES string of the molecule is CCOc1ccc(OCC(=O)Oc2cccc(/C=C(/C#N)c3ccc(OC)c(OC)c3)c2)cc1. The van der Waals surface area contributed by atoms with E-state index in [0.29, 0.717) is 46.3 Å². The van der Waals surface area contributed by atoms with E-state index >= 15 is 0 Å². The van der Waals surface area contributed by atoms with Crippen LogP contribution >= 0.6 is 0 Å². The van der Waals surface area contributed by atoms with Crippen molar-refractivity contribution in [2.75, 3.05) is 27.4 Å². The summed E-state index contributed by atoms with van der Waals surface area (Å²) in [5, 5.41) is 9.67. The third-order valence-electron chi connectivity index (χ3n) is 4.71. The minimum atomic E-state index is -0.546. The second kappa shape index (κ2) is 12.0. The van der Waals surface area contributed by atoms with Crippen molar-refractivity contribution in [3.8, 4) is 34.8 Å². The summed E-state index contributed by atoms with van der Waals surface area (Å²) in [5.74, 6) is 2.16. The Kier molecular flexibility index (Phi) is 8.53. The first-order valence-electron chi connectivity index (χ1n) is 10.6. The smallest absolute Gasteiger partial charge is 0.349 e. The second-order valence-corrected chi connectivity index (χ2v) is 6.98. The highest BCUT2D eigenvalue weighted by Gasteiger charge is 2.10. The molecule has 0 radical (unpaired) electrons. The molecule has 0 saturated heterocycles. The lowest BCUT2D eigenvalue weighted by molar-refractivity contribution is -0.136. The highest BCUT2D eigenvalue weighted by molar-refractivity contribution is 5.90. The van der Waals surface area contributed by atoms with E-state index in [9.17, 15) is 10.1 Å². The van der Waals surface area contributed by atoms with E-state index in [1.54, 1.807) is 73.8 Å². The number of carbonyl (C=O) groups excluding carboxylic acids is 1. The fourth-order valence-electron chi connectivity index (χ4n) is 3.12. The van der Waals surface area contributed by atoms with Gasteiger partial charge in [-0.15, -0.1) is 0 Å². The number of methoxy groups -OCH3 is 2. The third kappa shape index (κ3) is 6.53. The van der Waals surface area contributed by atoms with Gasteiger partial charge >= 0.3 is 5.97 Å². The molecule has 0 aliphatic rings. The van der Waals surface area contributed by atoms with Crippen molar-refractivity contribution in [3.63, 3.8) is 0 Å². The highest BCUT2D eigenvalue weighted by Crippen LogP contribution is 2.31. The number of rotatable bonds is 10. The van der Waals surface area contributed by atoms with E-state index in [2.05, 4.69) is 6.07 Å². The minimum Gasteiger partial charge on any atom is -0.494 e. The number of benzene rings is 3. The number of ether oxygens (including phenoxy) is 5. The van der Waals surface area contributed by atoms with E-state index in [4.69, 9.17) is 23.7 Å². The van der Waals surface area contributed by atoms with Gasteiger partial charge in [-0.2, -0.15) is 5.26 Å². The molecule has 0 N–H and O–H groups in total. The number of hydrogen-bond acceptors (Lipinski definition) is 7. The zero-order chi connectivity index (χ0) is 24.3. The third-order valence-corrected chi connectivity index (χ3v) is 4.71. The summed E-state index contributed by atoms with van der Waals surface area (Å²) in [5.41, 5.74) is 1.79. The molecule has 0 saturated carbocycles. The van der Waals surface area contributed by atoms with Crippen LogP contribution in [0.25, 0.3) is 11.6 Å². The molecule has 0 aliphatic heterocycles. The zero-order valence-electron chi connectivity index (χ0n) is 19.2. The Morgan fingerprint density at radius 2 is 1.59 bits per heavy atom. The van der Waals surface area contributed by atoms with Crippen LogP contribution in [0.3, 0.4) is 0 Å². The quantitative estimate of drug-likeness (QED) is 0.179. The first-order valence-corrected chi connectivity index (χ1v) is 10.6. The van der Waals surface area contributed by atoms with Crippen LogP contribution in [0.15, 0.2) is 66.7 Å². The molecule has 7 heteroatoms. The summed E-state index contributed by atoms with van der Waals surface area (Å²) < 4.78 is 26.8. The summed E-state index contributed by atoms with van der Waals surface area (Å²) in [7, 11) is 3.09. The number of hydrogen-bond donors (Lipinski definition) is 0. The van der Waals surface area contributed by atoms with Crippen molar-refractivity contribution >= 4 is 17.6 Å². The molecule has 7 nitrogen and oxygen atoms in total. The van der Waals surface area contributed by atoms with E-state index in [-0.39, 0.29) is 6.61 Å². The van der Waals surface area contributed by atoms with Gasteiger partial charge in [0.15, 0.2) is 18.1 Å². The molecule has 34 heavy (non-hydrogen) atoms. The first-order chi connectivity index (χ1) is 16.6. The maximum Gasteiger partial charge on any atom is 0.349 e. The second-order valence-electron chi connectivity index (χ2n) is 6.98. The minimum absolute atomic E-state index is 0.247. The molecule has 3 aromatic carbocycles. The number of esters is 1. The average molecular weight is 459 g/mol. The van der Waals surface area contributed by atoms with Gasteiger partial charge in [-0.1, -0.05) is 12.1 Å². The topological polar surface area (TPSA) is 87.0 Å². The summed E-state index contributed by atoms with van der Waals surface area (Å²) in [6.45, 7) is 2.23. The van der Waals surface area contributed by atoms with Crippen molar-refractivity contribution in [1.82, 2.24) is 0 Å². The molecule has 174 valence electrons. The predicted molar refractivity (Wildman–Crippen MR) is 128 cm³/mol. The van der Waals surface area contributed by atoms with Crippen molar-refractivity contribution in [2.24, 2.45) is 0 Å². The van der Waals surface area contributed by atoms with Gasteiger partial charge in [-0.25, -0.2) is 4.79 Å². The average Bonchev–Trinajstić information content (AvgIpc) is 2.87. The molecule has 0 aliphatic carbocycles. The summed E-state index contributed by atoms with van der Waals surface area (Å²) in [6, 6.07) is 21.3. The molecule has 0 amide bonds. The van der Waals surface area contributed by atoms with Crippen molar-refractivity contribution in [3.05, 3.63) is 77.9 Å². The van der Waals surface area contributed by atoms with Crippen molar-refractivity contribution < 1.29 is 28.5 Å². The van der Waals surface area contributed by atoms with Crippen LogP contribution in [0, 0.1) is 11.3 Å². The number of nitrogens with zero attached hydrogens (tertiary/aromatic N) is 1. The summed E-state index contributed by atoms with van der Waals surface area (Å²) in [6.07, 6.45) is 1.70. The van der Waals surface area contributed by atoms with Crippen LogP contribution in [-0.2, 0) is 4.79 Å². The molecule has 0 spiro atoms. The van der Waals surface area contributed by atoms with Gasteiger partial charge in [0.2, 0.25) is 0 Å². The van der Waals surface area contributed by atoms with Gasteiger partial charge in [-0.3, -0.25) is 0 Å². The number of allylic oxidation sites excluding steroid dienone is 1. The Morgan fingerprint density at radius 1 is 0.882 bits per heavy atom. The number of carbonyl (C=O) groups is 1. The van der Waals surface area contributed by atoms with Gasteiger partial charge in [0.05, 0.1) is 32.5 Å². The van der Waals surface area contributed by atoms with Crippen LogP contribution in [0.5, 0.6) is 28.7 Å². The van der Waals surface area contributed by atoms with Crippen molar-refractivity contribution in [2.45, 2.75) is 6.92 Å². The number of nitriles is 1. The maximum absolute atomic E-state index is 12.2. The molecular weight excluding hydrogens is 434 g/mol. The van der Waals surface area contributed by atoms with Crippen molar-refractivity contribution in [1.29, 1.82) is 5.26 Å². The fraction of sp³-hybridized carbons (Fsp3) is 0.185.